The van der Waals surface area contributed by atoms with Crippen LogP contribution >= 0.6 is 11.7 Å². The van der Waals surface area contributed by atoms with Gasteiger partial charge in [-0.2, -0.15) is 4.37 Å². The topological polar surface area (TPSA) is 70.5 Å². The Balaban J connectivity index is 2.21. The van der Waals surface area contributed by atoms with Crippen molar-refractivity contribution < 1.29 is 41.3 Å². The maximum absolute atomic E-state index is 12.0. The molecule has 1 aliphatic heterocycles. The summed E-state index contributed by atoms with van der Waals surface area (Å²) in [4.78, 5) is 12.0. The molecular formula is C22H38N3O4S+. The summed E-state index contributed by atoms with van der Waals surface area (Å²) in [5, 5.41) is 0. The van der Waals surface area contributed by atoms with E-state index in [9.17, 15) is 4.79 Å². The fourth-order valence-corrected chi connectivity index (χ4v) is 3.44. The lowest BCUT2D eigenvalue weighted by Gasteiger charge is -2.36. The molecule has 0 saturated heterocycles. The molecule has 2 rings (SSSR count). The van der Waals surface area contributed by atoms with Gasteiger partial charge in [0.25, 0.3) is 5.88 Å². The summed E-state index contributed by atoms with van der Waals surface area (Å²) in [5.74, 6) is -0.527. The predicted molar refractivity (Wildman–Crippen MR) is 120 cm³/mol. The molecule has 1 aromatic heterocycles. The van der Waals surface area contributed by atoms with Gasteiger partial charge in [0.05, 0.1) is 41.2 Å². The number of quaternary nitrogens is 1. The third-order valence-electron chi connectivity index (χ3n) is 4.47. The van der Waals surface area contributed by atoms with Gasteiger partial charge in [0.15, 0.2) is 0 Å². The molecule has 0 spiro atoms. The summed E-state index contributed by atoms with van der Waals surface area (Å²) >= 11 is 0.595. The smallest absolute Gasteiger partial charge is 0.475 e. The number of carbonyl (C=O) groups excluding carboxylic acids is 1. The van der Waals surface area contributed by atoms with E-state index in [1.165, 1.54) is 0 Å². The maximum Gasteiger partial charge on any atom is 0.512 e. The largest absolute Gasteiger partial charge is 0.512 e. The second-order valence-electron chi connectivity index (χ2n) is 7.07. The Bertz CT molecular complexity index is 1140. The average molecular weight is 454 g/mol. The fraction of sp³-hybridized carbons (Fsp3) is 0.773. The lowest BCUT2D eigenvalue weighted by Crippen LogP contribution is -2.49. The zero-order valence-corrected chi connectivity index (χ0v) is 18.1. The van der Waals surface area contributed by atoms with Crippen molar-refractivity contribution in [1.82, 2.24) is 8.75 Å². The number of hydrogen-bond acceptors (Lipinski definition) is 7. The molecule has 2 heterocycles. The van der Waals surface area contributed by atoms with E-state index >= 15 is 0 Å². The van der Waals surface area contributed by atoms with Crippen LogP contribution in [0.15, 0.2) is 6.08 Å². The normalized spacial score (nSPS) is 27.9. The highest BCUT2D eigenvalue weighted by Gasteiger charge is 2.31. The highest BCUT2D eigenvalue weighted by molar-refractivity contribution is 6.99. The van der Waals surface area contributed by atoms with Crippen molar-refractivity contribution in [1.29, 1.82) is 0 Å². The number of hydrogen-bond donors (Lipinski definition) is 0. The first kappa shape index (κ1) is 11.8. The van der Waals surface area contributed by atoms with Crippen LogP contribution in [0.2, 0.25) is 0 Å². The van der Waals surface area contributed by atoms with Crippen LogP contribution in [-0.4, -0.2) is 59.4 Å². The van der Waals surface area contributed by atoms with E-state index in [-0.39, 0.29) is 30.1 Å². The molecule has 8 heteroatoms. The molecule has 0 aliphatic carbocycles. The minimum absolute atomic E-state index is 0.00798. The Hall–Kier alpha value is -1.67. The number of ether oxygens (including phenoxy) is 3. The Kier molecular flexibility index (Phi) is 5.35. The molecule has 0 amide bonds. The van der Waals surface area contributed by atoms with E-state index in [0.717, 1.165) is 25.7 Å². The zero-order chi connectivity index (χ0) is 33.1. The molecule has 170 valence electrons. The number of aromatic nitrogens is 2. The van der Waals surface area contributed by atoms with E-state index in [2.05, 4.69) is 15.7 Å². The Morgan fingerprint density at radius 3 is 3.00 bits per heavy atom. The summed E-state index contributed by atoms with van der Waals surface area (Å²) in [5.41, 5.74) is 0.496. The summed E-state index contributed by atoms with van der Waals surface area (Å²) in [6.45, 7) is -4.35. The van der Waals surface area contributed by atoms with Crippen LogP contribution in [0, 0.1) is 0 Å². The quantitative estimate of drug-likeness (QED) is 0.213. The number of rotatable bonds is 14. The van der Waals surface area contributed by atoms with Gasteiger partial charge in [-0.25, -0.2) is 4.79 Å². The van der Waals surface area contributed by atoms with Gasteiger partial charge in [-0.05, 0) is 12.8 Å². The third kappa shape index (κ3) is 8.60. The van der Waals surface area contributed by atoms with Crippen molar-refractivity contribution in [2.24, 2.45) is 0 Å². The van der Waals surface area contributed by atoms with E-state index < -0.39 is 50.9 Å². The van der Waals surface area contributed by atoms with Gasteiger partial charge in [0, 0.05) is 27.1 Å². The van der Waals surface area contributed by atoms with E-state index in [4.69, 9.17) is 32.0 Å². The van der Waals surface area contributed by atoms with Crippen LogP contribution in [0.4, 0.5) is 4.79 Å². The number of carbonyl (C=O) groups is 1. The first-order valence-electron chi connectivity index (χ1n) is 16.3. The van der Waals surface area contributed by atoms with Crippen LogP contribution in [0.5, 0.6) is 5.88 Å². The average Bonchev–Trinajstić information content (AvgIpc) is 3.33. The molecule has 1 atom stereocenters. The van der Waals surface area contributed by atoms with Crippen molar-refractivity contribution >= 4 is 23.5 Å². The summed E-state index contributed by atoms with van der Waals surface area (Å²) in [6, 6.07) is 0. The van der Waals surface area contributed by atoms with Crippen LogP contribution in [-0.2, 0) is 9.47 Å². The standard InChI is InChI=1S/C22H38N3O4S/c1-4-6-8-10-15-27-21-20(23-30-24-21)19-13-12-14-25(3,17-19)18-29-22(26)28-16-11-9-7-5-2/h13H,4-12,14-18H2,1-3H3/q+1/i1D3,4D2,6D2,8D2,10D2,15D2. The number of unbranched alkanes of at least 4 members (excludes halogenated alkanes) is 3. The van der Waals surface area contributed by atoms with Crippen molar-refractivity contribution in [2.45, 2.75) is 71.4 Å². The van der Waals surface area contributed by atoms with Gasteiger partial charge in [-0.1, -0.05) is 58.2 Å². The van der Waals surface area contributed by atoms with Crippen molar-refractivity contribution in [3.05, 3.63) is 11.8 Å². The molecular weight excluding hydrogens is 402 g/mol. The van der Waals surface area contributed by atoms with Crippen LogP contribution in [0.25, 0.3) is 5.57 Å². The lowest BCUT2D eigenvalue weighted by molar-refractivity contribution is -0.919. The molecule has 0 saturated carbocycles. The predicted octanol–water partition coefficient (Wildman–Crippen LogP) is 5.42. The fourth-order valence-electron chi connectivity index (χ4n) is 2.93. The second kappa shape index (κ2) is 13.6. The highest BCUT2D eigenvalue weighted by Crippen LogP contribution is 2.30. The molecule has 0 N–H and O–H groups in total. The maximum atomic E-state index is 12.0. The van der Waals surface area contributed by atoms with Crippen molar-refractivity contribution in [3.63, 3.8) is 0 Å². The second-order valence-corrected chi connectivity index (χ2v) is 7.60. The Labute approximate surface area is 203 Å². The molecule has 0 fully saturated rings. The molecule has 1 unspecified atom stereocenters. The lowest BCUT2D eigenvalue weighted by atomic mass is 10.1. The van der Waals surface area contributed by atoms with Crippen molar-refractivity contribution in [2.75, 3.05) is 40.0 Å². The minimum atomic E-state index is -4.06. The van der Waals surface area contributed by atoms with Crippen LogP contribution in [0.3, 0.4) is 0 Å². The molecule has 30 heavy (non-hydrogen) atoms. The molecule has 0 radical (unpaired) electrons. The van der Waals surface area contributed by atoms with Gasteiger partial charge in [-0.15, -0.1) is 4.37 Å². The zero-order valence-electron chi connectivity index (χ0n) is 30.3. The summed E-state index contributed by atoms with van der Waals surface area (Å²) in [6.07, 6.45) is -10.8. The molecule has 1 aromatic rings. The molecule has 0 aromatic carbocycles. The van der Waals surface area contributed by atoms with E-state index in [1.807, 2.05) is 0 Å². The molecule has 1 aliphatic rings. The van der Waals surface area contributed by atoms with Gasteiger partial charge < -0.3 is 14.2 Å². The van der Waals surface area contributed by atoms with E-state index in [0.29, 0.717) is 30.3 Å². The molecule has 7 nitrogen and oxygen atoms in total. The monoisotopic (exact) mass is 453 g/mol. The van der Waals surface area contributed by atoms with Crippen LogP contribution in [0.1, 0.15) is 94.9 Å². The summed E-state index contributed by atoms with van der Waals surface area (Å²) in [7, 11) is 1.80. The minimum Gasteiger partial charge on any atom is -0.475 e. The van der Waals surface area contributed by atoms with Gasteiger partial charge in [-0.3, -0.25) is 4.48 Å². The highest BCUT2D eigenvalue weighted by atomic mass is 32.1. The van der Waals surface area contributed by atoms with Gasteiger partial charge >= 0.3 is 6.16 Å². The van der Waals surface area contributed by atoms with Gasteiger partial charge in [0.2, 0.25) is 6.73 Å². The van der Waals surface area contributed by atoms with Crippen LogP contribution < -0.4 is 4.74 Å². The van der Waals surface area contributed by atoms with Gasteiger partial charge in [0.1, 0.15) is 12.2 Å². The Morgan fingerprint density at radius 2 is 2.17 bits per heavy atom. The van der Waals surface area contributed by atoms with E-state index in [1.54, 1.807) is 13.1 Å². The third-order valence-corrected chi connectivity index (χ3v) is 4.98. The first-order chi connectivity index (χ1) is 19.5. The number of nitrogens with zero attached hydrogens (tertiary/aromatic N) is 3. The SMILES string of the molecule is [2H]C([2H])([2H])C([2H])([2H])C([2H])([2H])C([2H])([2H])C([2H])([2H])C([2H])([2H])Oc1nsnc1C1=CCC[N+](C)(COC(=O)OCCCCCC)C1. The first-order valence-corrected chi connectivity index (χ1v) is 10.5. The Morgan fingerprint density at radius 1 is 1.27 bits per heavy atom. The van der Waals surface area contributed by atoms with Crippen molar-refractivity contribution in [3.8, 4) is 5.88 Å². The molecule has 0 bridgehead atoms. The summed E-state index contributed by atoms with van der Waals surface area (Å²) < 4.78 is 126. The number of likely N-dealkylation sites (N-methyl/N-ethyl adjacent to an activating group) is 1.